The molecule has 0 aromatic carbocycles. The summed E-state index contributed by atoms with van der Waals surface area (Å²) in [5.41, 5.74) is 4.26. The van der Waals surface area contributed by atoms with Crippen LogP contribution < -0.4 is 21.7 Å². The van der Waals surface area contributed by atoms with Crippen LogP contribution in [-0.2, 0) is 24.8 Å². The van der Waals surface area contributed by atoms with E-state index in [4.69, 9.17) is 10.8 Å². The Labute approximate surface area is 282 Å². The molecule has 0 bridgehead atoms. The third-order valence-corrected chi connectivity index (χ3v) is 9.03. The standard InChI is InChI=1S/C30H45N11O8/c1-30(2,49)23-15-34-39-41(23)18-13-22(27(45)35-19(24(42)25(31)43)10-6-7-11-32-29(47)48)40(16-18)28(46)20(12-17-8-4-3-5-9-17)36-26(44)21-14-33-38-37-21/h14-15,17-20,22,32,49H,3-13,16H2,1-2H3,(H2,31,43)(H,35,45)(H,36,44)(H,47,48)(H,33,37,38)/t18-,19?,20+,22-/m0/s1. The van der Waals surface area contributed by atoms with Gasteiger partial charge in [-0.15, -0.1) is 5.10 Å². The summed E-state index contributed by atoms with van der Waals surface area (Å²) in [5.74, 6) is -4.04. The number of aromatic nitrogens is 6. The van der Waals surface area contributed by atoms with Gasteiger partial charge in [0.2, 0.25) is 17.6 Å². The lowest BCUT2D eigenvalue weighted by atomic mass is 9.84. The molecule has 2 aliphatic rings. The molecule has 19 heteroatoms. The molecule has 1 unspecified atom stereocenters. The first kappa shape index (κ1) is 36.9. The number of amides is 5. The SMILES string of the molecule is CC(C)(O)c1cnnn1[C@H]1C[C@@H](C(=O)NC(CCCCNC(=O)O)C(=O)C(N)=O)N(C(=O)[C@@H](CC2CCCCC2)NC(=O)c2cn[nH]n2)C1. The minimum Gasteiger partial charge on any atom is -0.465 e. The van der Waals surface area contributed by atoms with Gasteiger partial charge < -0.3 is 36.8 Å². The first-order valence-corrected chi connectivity index (χ1v) is 16.5. The number of hydrogen-bond donors (Lipinski definition) is 7. The van der Waals surface area contributed by atoms with Crippen LogP contribution in [0.15, 0.2) is 12.4 Å². The minimum atomic E-state index is -1.36. The van der Waals surface area contributed by atoms with Crippen LogP contribution in [0.2, 0.25) is 0 Å². The van der Waals surface area contributed by atoms with E-state index in [2.05, 4.69) is 41.7 Å². The number of carbonyl (C=O) groups is 6. The fourth-order valence-corrected chi connectivity index (χ4v) is 6.53. The number of carboxylic acid groups (broad SMARTS) is 1. The number of aromatic amines is 1. The van der Waals surface area contributed by atoms with E-state index in [1.165, 1.54) is 22.0 Å². The predicted octanol–water partition coefficient (Wildman–Crippen LogP) is -0.488. The summed E-state index contributed by atoms with van der Waals surface area (Å²) in [6.45, 7) is 3.16. The highest BCUT2D eigenvalue weighted by molar-refractivity contribution is 6.37. The molecule has 8 N–H and O–H groups in total. The van der Waals surface area contributed by atoms with E-state index in [-0.39, 0.29) is 44.0 Å². The van der Waals surface area contributed by atoms with Crippen LogP contribution in [0.4, 0.5) is 4.79 Å². The van der Waals surface area contributed by atoms with E-state index in [1.807, 2.05) is 0 Å². The minimum absolute atomic E-state index is 0.0110. The van der Waals surface area contributed by atoms with Crippen LogP contribution in [0.1, 0.15) is 100 Å². The smallest absolute Gasteiger partial charge is 0.404 e. The van der Waals surface area contributed by atoms with Gasteiger partial charge in [0, 0.05) is 19.5 Å². The van der Waals surface area contributed by atoms with Gasteiger partial charge >= 0.3 is 6.09 Å². The van der Waals surface area contributed by atoms with Crippen molar-refractivity contribution in [1.29, 1.82) is 0 Å². The molecule has 4 rings (SSSR count). The normalized spacial score (nSPS) is 19.5. The maximum Gasteiger partial charge on any atom is 0.404 e. The van der Waals surface area contributed by atoms with Gasteiger partial charge in [-0.1, -0.05) is 37.3 Å². The van der Waals surface area contributed by atoms with Crippen molar-refractivity contribution in [3.05, 3.63) is 23.8 Å². The van der Waals surface area contributed by atoms with E-state index in [9.17, 15) is 33.9 Å². The van der Waals surface area contributed by atoms with Crippen molar-refractivity contribution in [2.75, 3.05) is 13.1 Å². The van der Waals surface area contributed by atoms with Crippen molar-refractivity contribution in [2.45, 2.75) is 108 Å². The second kappa shape index (κ2) is 16.4. The fourth-order valence-electron chi connectivity index (χ4n) is 6.53. The fraction of sp³-hybridized carbons (Fsp3) is 0.667. The molecule has 0 radical (unpaired) electrons. The molecule has 1 aliphatic carbocycles. The maximum absolute atomic E-state index is 14.5. The molecule has 1 saturated carbocycles. The van der Waals surface area contributed by atoms with Crippen LogP contribution >= 0.6 is 0 Å². The molecule has 3 heterocycles. The molecular formula is C30H45N11O8. The number of rotatable bonds is 16. The van der Waals surface area contributed by atoms with E-state index in [1.54, 1.807) is 13.8 Å². The number of carbonyl (C=O) groups excluding carboxylic acids is 5. The van der Waals surface area contributed by atoms with Gasteiger partial charge in [-0.05, 0) is 45.4 Å². The summed E-state index contributed by atoms with van der Waals surface area (Å²) >= 11 is 0. The molecule has 2 aromatic rings. The zero-order valence-electron chi connectivity index (χ0n) is 27.6. The number of likely N-dealkylation sites (tertiary alicyclic amines) is 1. The van der Waals surface area contributed by atoms with Crippen LogP contribution in [0.3, 0.4) is 0 Å². The topological polar surface area (TPSA) is 281 Å². The Kier molecular flexibility index (Phi) is 12.4. The monoisotopic (exact) mass is 687 g/mol. The van der Waals surface area contributed by atoms with Crippen LogP contribution in [0.25, 0.3) is 0 Å². The number of H-pyrrole nitrogens is 1. The van der Waals surface area contributed by atoms with E-state index >= 15 is 0 Å². The Hall–Kier alpha value is -4.94. The third kappa shape index (κ3) is 9.80. The van der Waals surface area contributed by atoms with Crippen molar-refractivity contribution in [1.82, 2.24) is 51.3 Å². The third-order valence-electron chi connectivity index (χ3n) is 9.03. The first-order valence-electron chi connectivity index (χ1n) is 16.5. The Bertz CT molecular complexity index is 1480. The van der Waals surface area contributed by atoms with Gasteiger partial charge in [0.25, 0.3) is 11.8 Å². The highest BCUT2D eigenvalue weighted by atomic mass is 16.4. The van der Waals surface area contributed by atoms with E-state index in [0.717, 1.165) is 32.1 Å². The average molecular weight is 688 g/mol. The van der Waals surface area contributed by atoms with Gasteiger partial charge in [0.1, 0.15) is 17.7 Å². The Morgan fingerprint density at radius 2 is 1.80 bits per heavy atom. The lowest BCUT2D eigenvalue weighted by Gasteiger charge is -2.32. The van der Waals surface area contributed by atoms with Gasteiger partial charge in [0.05, 0.1) is 30.2 Å². The van der Waals surface area contributed by atoms with Crippen LogP contribution in [-0.4, -0.2) is 112 Å². The first-order chi connectivity index (χ1) is 23.3. The number of nitrogens with one attached hydrogen (secondary N) is 4. The zero-order chi connectivity index (χ0) is 35.7. The lowest BCUT2D eigenvalue weighted by molar-refractivity contribution is -0.142. The molecule has 5 amide bonds. The van der Waals surface area contributed by atoms with E-state index in [0.29, 0.717) is 18.5 Å². The molecule has 1 aliphatic heterocycles. The summed E-state index contributed by atoms with van der Waals surface area (Å²) in [5, 5.41) is 45.1. The van der Waals surface area contributed by atoms with Gasteiger partial charge in [0.15, 0.2) is 5.69 Å². The summed E-state index contributed by atoms with van der Waals surface area (Å²) in [6, 6.07) is -4.16. The molecule has 49 heavy (non-hydrogen) atoms. The molecule has 19 nitrogen and oxygen atoms in total. The molecule has 2 aromatic heterocycles. The molecular weight excluding hydrogens is 642 g/mol. The summed E-state index contributed by atoms with van der Waals surface area (Å²) < 4.78 is 1.46. The quantitative estimate of drug-likeness (QED) is 0.0870. The highest BCUT2D eigenvalue weighted by Gasteiger charge is 2.45. The number of aliphatic hydroxyl groups is 1. The number of nitrogens with zero attached hydrogens (tertiary/aromatic N) is 6. The molecule has 1 saturated heterocycles. The number of hydrogen-bond acceptors (Lipinski definition) is 11. The molecule has 4 atom stereocenters. The predicted molar refractivity (Wildman–Crippen MR) is 169 cm³/mol. The number of nitrogens with two attached hydrogens (primary N) is 1. The largest absolute Gasteiger partial charge is 0.465 e. The van der Waals surface area contributed by atoms with Crippen molar-refractivity contribution >= 4 is 35.5 Å². The summed E-state index contributed by atoms with van der Waals surface area (Å²) in [7, 11) is 0. The highest BCUT2D eigenvalue weighted by Crippen LogP contribution is 2.33. The van der Waals surface area contributed by atoms with Crippen molar-refractivity contribution < 1.29 is 39.0 Å². The lowest BCUT2D eigenvalue weighted by Crippen LogP contribution is -2.56. The zero-order valence-corrected chi connectivity index (χ0v) is 27.6. The number of primary amides is 1. The molecule has 268 valence electrons. The van der Waals surface area contributed by atoms with Gasteiger partial charge in [-0.25, -0.2) is 9.48 Å². The summed E-state index contributed by atoms with van der Waals surface area (Å²) in [6.07, 6.45) is 7.15. The maximum atomic E-state index is 14.5. The number of unbranched alkanes of at least 4 members (excludes halogenated alkanes) is 1. The van der Waals surface area contributed by atoms with Crippen LogP contribution in [0.5, 0.6) is 0 Å². The van der Waals surface area contributed by atoms with Crippen molar-refractivity contribution in [3.63, 3.8) is 0 Å². The van der Waals surface area contributed by atoms with Crippen molar-refractivity contribution in [3.8, 4) is 0 Å². The molecule has 2 fully saturated rings. The summed E-state index contributed by atoms with van der Waals surface area (Å²) in [4.78, 5) is 78.3. The van der Waals surface area contributed by atoms with Gasteiger partial charge in [-0.3, -0.25) is 24.0 Å². The number of Topliss-reactive ketones (excluding diaryl/α,β-unsaturated/α-hetero) is 1. The van der Waals surface area contributed by atoms with Gasteiger partial charge in [-0.2, -0.15) is 15.4 Å². The Balaban J connectivity index is 1.62. The van der Waals surface area contributed by atoms with E-state index < -0.39 is 65.3 Å². The second-order valence-electron chi connectivity index (χ2n) is 13.2. The molecule has 0 spiro atoms. The van der Waals surface area contributed by atoms with Crippen molar-refractivity contribution in [2.24, 2.45) is 11.7 Å². The van der Waals surface area contributed by atoms with Crippen LogP contribution in [0, 0.1) is 5.92 Å². The second-order valence-corrected chi connectivity index (χ2v) is 13.2. The Morgan fingerprint density at radius 3 is 2.43 bits per heavy atom. The number of ketones is 1. The average Bonchev–Trinajstić information content (AvgIpc) is 3.84. The Morgan fingerprint density at radius 1 is 1.06 bits per heavy atom.